The standard InChI is InChI=1S/C11H13ClF3NO/c12-9-2-1-3-10(8-9)16-5-7-17-6-4-11(13,14)15/h1-3,8,16H,4-7H2. The molecule has 0 heterocycles. The summed E-state index contributed by atoms with van der Waals surface area (Å²) < 4.78 is 40.1. The first-order valence-electron chi connectivity index (χ1n) is 5.11. The molecular weight excluding hydrogens is 255 g/mol. The zero-order valence-electron chi connectivity index (χ0n) is 9.06. The first kappa shape index (κ1) is 14.1. The number of ether oxygens (including phenoxy) is 1. The number of halogens is 4. The Kier molecular flexibility index (Phi) is 5.58. The second kappa shape index (κ2) is 6.71. The normalized spacial score (nSPS) is 11.5. The molecule has 96 valence electrons. The third kappa shape index (κ3) is 7.07. The monoisotopic (exact) mass is 267 g/mol. The van der Waals surface area contributed by atoms with Crippen molar-refractivity contribution in [3.63, 3.8) is 0 Å². The number of anilines is 1. The molecule has 0 aliphatic rings. The average molecular weight is 268 g/mol. The van der Waals surface area contributed by atoms with Crippen molar-refractivity contribution in [2.75, 3.05) is 25.1 Å². The molecule has 1 aromatic rings. The van der Waals surface area contributed by atoms with Crippen LogP contribution in [0.2, 0.25) is 5.02 Å². The van der Waals surface area contributed by atoms with Crippen molar-refractivity contribution >= 4 is 17.3 Å². The van der Waals surface area contributed by atoms with Crippen LogP contribution in [0, 0.1) is 0 Å². The van der Waals surface area contributed by atoms with Crippen molar-refractivity contribution in [1.82, 2.24) is 0 Å². The van der Waals surface area contributed by atoms with Gasteiger partial charge in [0.05, 0.1) is 19.6 Å². The van der Waals surface area contributed by atoms with E-state index in [1.165, 1.54) is 0 Å². The van der Waals surface area contributed by atoms with Gasteiger partial charge in [-0.3, -0.25) is 0 Å². The van der Waals surface area contributed by atoms with Crippen molar-refractivity contribution in [3.05, 3.63) is 29.3 Å². The second-order valence-electron chi connectivity index (χ2n) is 3.41. The summed E-state index contributed by atoms with van der Waals surface area (Å²) in [4.78, 5) is 0. The van der Waals surface area contributed by atoms with Gasteiger partial charge in [-0.15, -0.1) is 0 Å². The molecule has 0 fully saturated rings. The minimum Gasteiger partial charge on any atom is -0.383 e. The van der Waals surface area contributed by atoms with Crippen LogP contribution in [0.5, 0.6) is 0 Å². The molecule has 6 heteroatoms. The van der Waals surface area contributed by atoms with Crippen molar-refractivity contribution in [2.45, 2.75) is 12.6 Å². The summed E-state index contributed by atoms with van der Waals surface area (Å²) in [5, 5.41) is 3.60. The highest BCUT2D eigenvalue weighted by Crippen LogP contribution is 2.19. The van der Waals surface area contributed by atoms with Crippen molar-refractivity contribution < 1.29 is 17.9 Å². The molecule has 17 heavy (non-hydrogen) atoms. The molecule has 0 bridgehead atoms. The minimum absolute atomic E-state index is 0.225. The van der Waals surface area contributed by atoms with Crippen molar-refractivity contribution in [2.24, 2.45) is 0 Å². The topological polar surface area (TPSA) is 21.3 Å². The molecule has 1 N–H and O–H groups in total. The smallest absolute Gasteiger partial charge is 0.383 e. The number of benzene rings is 1. The molecule has 1 aromatic carbocycles. The van der Waals surface area contributed by atoms with Gasteiger partial charge in [-0.05, 0) is 18.2 Å². The van der Waals surface area contributed by atoms with E-state index in [1.54, 1.807) is 18.2 Å². The fourth-order valence-electron chi connectivity index (χ4n) is 1.16. The van der Waals surface area contributed by atoms with Gasteiger partial charge in [0.1, 0.15) is 0 Å². The lowest BCUT2D eigenvalue weighted by Gasteiger charge is -2.09. The first-order chi connectivity index (χ1) is 7.97. The number of rotatable bonds is 6. The fraction of sp³-hybridized carbons (Fsp3) is 0.455. The summed E-state index contributed by atoms with van der Waals surface area (Å²) in [6.07, 6.45) is -5.06. The predicted molar refractivity (Wildman–Crippen MR) is 61.4 cm³/mol. The van der Waals surface area contributed by atoms with Gasteiger partial charge in [0.2, 0.25) is 0 Å². The van der Waals surface area contributed by atoms with E-state index >= 15 is 0 Å². The van der Waals surface area contributed by atoms with Crippen LogP contribution >= 0.6 is 11.6 Å². The van der Waals surface area contributed by atoms with Crippen LogP contribution in [-0.4, -0.2) is 25.9 Å². The van der Waals surface area contributed by atoms with Gasteiger partial charge in [0.25, 0.3) is 0 Å². The van der Waals surface area contributed by atoms with Crippen LogP contribution in [0.15, 0.2) is 24.3 Å². The summed E-state index contributed by atoms with van der Waals surface area (Å²) in [6.45, 7) is 0.363. The molecule has 0 aromatic heterocycles. The molecule has 0 atom stereocenters. The van der Waals surface area contributed by atoms with Crippen LogP contribution < -0.4 is 5.32 Å². The van der Waals surface area contributed by atoms with E-state index in [9.17, 15) is 13.2 Å². The zero-order chi connectivity index (χ0) is 12.7. The highest BCUT2D eigenvalue weighted by molar-refractivity contribution is 6.30. The van der Waals surface area contributed by atoms with Crippen LogP contribution in [0.1, 0.15) is 6.42 Å². The Bertz CT molecular complexity index is 344. The third-order valence-corrected chi connectivity index (χ3v) is 2.17. The SMILES string of the molecule is FC(F)(F)CCOCCNc1cccc(Cl)c1. The molecule has 0 aliphatic carbocycles. The van der Waals surface area contributed by atoms with E-state index in [1.807, 2.05) is 6.07 Å². The maximum Gasteiger partial charge on any atom is 0.391 e. The Morgan fingerprint density at radius 2 is 2.00 bits per heavy atom. The summed E-state index contributed by atoms with van der Waals surface area (Å²) in [7, 11) is 0. The predicted octanol–water partition coefficient (Wildman–Crippen LogP) is 3.72. The first-order valence-corrected chi connectivity index (χ1v) is 5.49. The molecule has 0 spiro atoms. The van der Waals surface area contributed by atoms with Crippen molar-refractivity contribution in [1.29, 1.82) is 0 Å². The largest absolute Gasteiger partial charge is 0.391 e. The lowest BCUT2D eigenvalue weighted by atomic mass is 10.3. The highest BCUT2D eigenvalue weighted by Gasteiger charge is 2.26. The molecular formula is C11H13ClF3NO. The third-order valence-electron chi connectivity index (χ3n) is 1.93. The number of hydrogen-bond acceptors (Lipinski definition) is 2. The van der Waals surface area contributed by atoms with E-state index in [0.717, 1.165) is 5.69 Å². The van der Waals surface area contributed by atoms with Gasteiger partial charge in [0.15, 0.2) is 0 Å². The molecule has 0 saturated heterocycles. The van der Waals surface area contributed by atoms with Crippen LogP contribution in [-0.2, 0) is 4.74 Å². The Morgan fingerprint density at radius 3 is 2.65 bits per heavy atom. The number of alkyl halides is 3. The molecule has 0 unspecified atom stereocenters. The fourth-order valence-corrected chi connectivity index (χ4v) is 1.35. The maximum atomic E-state index is 11.8. The van der Waals surface area contributed by atoms with Crippen LogP contribution in [0.3, 0.4) is 0 Å². The lowest BCUT2D eigenvalue weighted by molar-refractivity contribution is -0.144. The van der Waals surface area contributed by atoms with Gasteiger partial charge in [-0.25, -0.2) is 0 Å². The minimum atomic E-state index is -4.15. The molecule has 2 nitrogen and oxygen atoms in total. The van der Waals surface area contributed by atoms with Gasteiger partial charge in [-0.1, -0.05) is 17.7 Å². The Labute approximate surface area is 103 Å². The summed E-state index contributed by atoms with van der Waals surface area (Å²) in [5.41, 5.74) is 0.817. The highest BCUT2D eigenvalue weighted by atomic mass is 35.5. The maximum absolute atomic E-state index is 11.8. The second-order valence-corrected chi connectivity index (χ2v) is 3.85. The van der Waals surface area contributed by atoms with Crippen LogP contribution in [0.25, 0.3) is 0 Å². The van der Waals surface area contributed by atoms with E-state index in [0.29, 0.717) is 11.6 Å². The number of nitrogens with one attached hydrogen (secondary N) is 1. The lowest BCUT2D eigenvalue weighted by Crippen LogP contribution is -2.15. The summed E-state index contributed by atoms with van der Waals surface area (Å²) >= 11 is 5.76. The quantitative estimate of drug-likeness (QED) is 0.793. The molecule has 1 rings (SSSR count). The number of hydrogen-bond donors (Lipinski definition) is 1. The van der Waals surface area contributed by atoms with Crippen LogP contribution in [0.4, 0.5) is 18.9 Å². The summed E-state index contributed by atoms with van der Waals surface area (Å²) in [5.74, 6) is 0. The zero-order valence-corrected chi connectivity index (χ0v) is 9.81. The molecule has 0 saturated carbocycles. The Balaban J connectivity index is 2.09. The van der Waals surface area contributed by atoms with Gasteiger partial charge < -0.3 is 10.1 Å². The Morgan fingerprint density at radius 1 is 1.24 bits per heavy atom. The van der Waals surface area contributed by atoms with E-state index in [2.05, 4.69) is 5.32 Å². The average Bonchev–Trinajstić information content (AvgIpc) is 2.22. The molecule has 0 aliphatic heterocycles. The van der Waals surface area contributed by atoms with Gasteiger partial charge in [0, 0.05) is 17.3 Å². The van der Waals surface area contributed by atoms with Crippen molar-refractivity contribution in [3.8, 4) is 0 Å². The van der Waals surface area contributed by atoms with Gasteiger partial charge >= 0.3 is 6.18 Å². The Hall–Kier alpha value is -0.940. The van der Waals surface area contributed by atoms with Gasteiger partial charge in [-0.2, -0.15) is 13.2 Å². The van der Waals surface area contributed by atoms with E-state index in [4.69, 9.17) is 16.3 Å². The molecule has 0 amide bonds. The van der Waals surface area contributed by atoms with E-state index in [-0.39, 0.29) is 13.2 Å². The summed E-state index contributed by atoms with van der Waals surface area (Å²) in [6, 6.07) is 7.08. The van der Waals surface area contributed by atoms with E-state index < -0.39 is 12.6 Å². The molecule has 0 radical (unpaired) electrons.